The van der Waals surface area contributed by atoms with E-state index in [1.165, 1.54) is 6.92 Å². The maximum atomic E-state index is 13.4. The Hall–Kier alpha value is -1.10. The molecule has 0 radical (unpaired) electrons. The third-order valence-corrected chi connectivity index (χ3v) is 3.66. The van der Waals surface area contributed by atoms with Gasteiger partial charge >= 0.3 is 18.1 Å². The molecule has 1 aromatic rings. The van der Waals surface area contributed by atoms with E-state index in [-0.39, 0.29) is 18.8 Å². The lowest BCUT2D eigenvalue weighted by atomic mass is 10.0. The van der Waals surface area contributed by atoms with Crippen LogP contribution in [0.3, 0.4) is 0 Å². The van der Waals surface area contributed by atoms with E-state index < -0.39 is 34.9 Å². The number of aromatic nitrogens is 1. The lowest BCUT2D eigenvalue weighted by Gasteiger charge is -2.21. The van der Waals surface area contributed by atoms with Gasteiger partial charge in [-0.2, -0.15) is 22.0 Å². The summed E-state index contributed by atoms with van der Waals surface area (Å²) in [6, 6.07) is 0.416. The highest BCUT2D eigenvalue weighted by Gasteiger charge is 2.59. The van der Waals surface area contributed by atoms with Crippen molar-refractivity contribution in [3.63, 3.8) is 0 Å². The van der Waals surface area contributed by atoms with Crippen LogP contribution >= 0.6 is 28.4 Å². The number of alkyl halides is 5. The Balaban J connectivity index is 3.39. The van der Waals surface area contributed by atoms with Crippen molar-refractivity contribution in [1.82, 2.24) is 4.98 Å². The normalized spacial score (nSPS) is 12.5. The van der Waals surface area contributed by atoms with Crippen LogP contribution in [0.1, 0.15) is 18.1 Å². The molecule has 0 spiro atoms. The van der Waals surface area contributed by atoms with Crippen molar-refractivity contribution in [2.45, 2.75) is 19.0 Å². The first-order valence-corrected chi connectivity index (χ1v) is 10.00. The van der Waals surface area contributed by atoms with Gasteiger partial charge in [-0.25, -0.2) is 9.78 Å². The second-order valence-electron chi connectivity index (χ2n) is 4.01. The zero-order chi connectivity index (χ0) is 17.8. The van der Waals surface area contributed by atoms with Crippen molar-refractivity contribution in [2.24, 2.45) is 0 Å². The second-order valence-corrected chi connectivity index (χ2v) is 6.06. The molecule has 0 saturated carbocycles. The Bertz CT molecular complexity index is 612. The fourth-order valence-corrected chi connectivity index (χ4v) is 2.50. The van der Waals surface area contributed by atoms with Crippen molar-refractivity contribution < 1.29 is 31.5 Å². The Morgan fingerprint density at radius 2 is 2.04 bits per heavy atom. The number of hydrogen-bond donors (Lipinski definition) is 2. The van der Waals surface area contributed by atoms with Gasteiger partial charge in [0, 0.05) is 18.1 Å². The fraction of sp³-hybridized carbons (Fsp3) is 0.364. The summed E-state index contributed by atoms with van der Waals surface area (Å²) in [6.07, 6.45) is -5.48. The second kappa shape index (κ2) is 7.65. The molecule has 1 heterocycles. The van der Waals surface area contributed by atoms with Gasteiger partial charge in [0.1, 0.15) is 5.82 Å². The Kier molecular flexibility index (Phi) is 6.63. The van der Waals surface area contributed by atoms with E-state index in [1.807, 2.05) is 22.0 Å². The summed E-state index contributed by atoms with van der Waals surface area (Å²) in [5, 5.41) is 10.2. The van der Waals surface area contributed by atoms with Crippen LogP contribution in [0.2, 0.25) is 0 Å². The zero-order valence-electron chi connectivity index (χ0n) is 11.4. The lowest BCUT2D eigenvalue weighted by molar-refractivity contribution is -0.289. The van der Waals surface area contributed by atoms with Gasteiger partial charge in [0.25, 0.3) is 0 Å². The van der Waals surface area contributed by atoms with E-state index in [9.17, 15) is 26.7 Å². The van der Waals surface area contributed by atoms with Gasteiger partial charge in [-0.3, -0.25) is 5.41 Å². The molecule has 128 valence electrons. The number of hydrogen-bond acceptors (Lipinski definition) is 5. The van der Waals surface area contributed by atoms with Gasteiger partial charge < -0.3 is 9.82 Å². The number of rotatable bonds is 6. The average Bonchev–Trinajstić information content (AvgIpc) is 2.46. The average molecular weight is 469 g/mol. The molecule has 1 unspecified atom stereocenters. The standard InChI is InChI=1S/C11H10F5IN3O2P/c1-2-22-9(21)7(18)6-3-5(4-19-8(6)20-23-17)10(12,13)11(14,15)16/h3-4,18,23H,2H2,1H3,(H,19,20). The van der Waals surface area contributed by atoms with Gasteiger partial charge in [0.2, 0.25) is 0 Å². The maximum absolute atomic E-state index is 13.4. The first-order chi connectivity index (χ1) is 10.6. The number of ether oxygens (including phenoxy) is 1. The molecule has 0 aliphatic heterocycles. The Morgan fingerprint density at radius 1 is 1.43 bits per heavy atom. The first kappa shape index (κ1) is 19.9. The summed E-state index contributed by atoms with van der Waals surface area (Å²) < 4.78 is 68.7. The van der Waals surface area contributed by atoms with Crippen molar-refractivity contribution in [2.75, 3.05) is 11.7 Å². The number of esters is 1. The highest BCUT2D eigenvalue weighted by molar-refractivity contribution is 14.2. The molecule has 0 aliphatic rings. The number of anilines is 1. The molecule has 5 nitrogen and oxygen atoms in total. The molecule has 0 amide bonds. The van der Waals surface area contributed by atoms with E-state index >= 15 is 0 Å². The number of nitrogens with one attached hydrogen (secondary N) is 2. The number of carbonyl (C=O) groups excluding carboxylic acids is 1. The van der Waals surface area contributed by atoms with Crippen LogP contribution in [-0.4, -0.2) is 29.4 Å². The summed E-state index contributed by atoms with van der Waals surface area (Å²) in [5.74, 6) is -6.46. The summed E-state index contributed by atoms with van der Waals surface area (Å²) in [5.41, 5.74) is -2.82. The van der Waals surface area contributed by atoms with Crippen LogP contribution in [0.4, 0.5) is 27.8 Å². The maximum Gasteiger partial charge on any atom is 0.458 e. The smallest absolute Gasteiger partial charge is 0.458 e. The van der Waals surface area contributed by atoms with Crippen molar-refractivity contribution in [3.8, 4) is 0 Å². The van der Waals surface area contributed by atoms with Crippen LogP contribution in [0.15, 0.2) is 12.3 Å². The summed E-state index contributed by atoms with van der Waals surface area (Å²) >= 11 is 1.86. The molecule has 0 fully saturated rings. The summed E-state index contributed by atoms with van der Waals surface area (Å²) in [7, 11) is 0. The predicted molar refractivity (Wildman–Crippen MR) is 83.6 cm³/mol. The van der Waals surface area contributed by atoms with Crippen molar-refractivity contribution >= 4 is 45.9 Å². The minimum Gasteiger partial charge on any atom is -0.461 e. The van der Waals surface area contributed by atoms with Gasteiger partial charge in [-0.05, 0) is 35.0 Å². The van der Waals surface area contributed by atoms with E-state index in [0.717, 1.165) is 0 Å². The Labute approximate surface area is 142 Å². The predicted octanol–water partition coefficient (Wildman–Crippen LogP) is 4.02. The zero-order valence-corrected chi connectivity index (χ0v) is 14.6. The molecule has 2 N–H and O–H groups in total. The molecule has 0 saturated heterocycles. The molecule has 23 heavy (non-hydrogen) atoms. The van der Waals surface area contributed by atoms with Crippen molar-refractivity contribution in [3.05, 3.63) is 23.4 Å². The van der Waals surface area contributed by atoms with Crippen LogP contribution in [-0.2, 0) is 15.5 Å². The van der Waals surface area contributed by atoms with E-state index in [0.29, 0.717) is 12.3 Å². The van der Waals surface area contributed by atoms with Crippen LogP contribution in [0.5, 0.6) is 0 Å². The molecule has 1 atom stereocenters. The molecule has 1 aromatic heterocycles. The van der Waals surface area contributed by atoms with Crippen LogP contribution in [0.25, 0.3) is 0 Å². The molecule has 12 heteroatoms. The highest BCUT2D eigenvalue weighted by Crippen LogP contribution is 2.44. The van der Waals surface area contributed by atoms with Gasteiger partial charge in [0.15, 0.2) is 5.71 Å². The molecule has 0 aliphatic carbocycles. The number of halogens is 6. The minimum atomic E-state index is -5.82. The topological polar surface area (TPSA) is 75.1 Å². The van der Waals surface area contributed by atoms with Crippen LogP contribution in [0, 0.1) is 5.41 Å². The SMILES string of the molecule is CCOC(=O)C(=N)c1cc(C(F)(F)C(F)(F)F)cnc1NPI. The molecule has 1 rings (SSSR count). The number of nitrogens with zero attached hydrogens (tertiary/aromatic N) is 1. The highest BCUT2D eigenvalue weighted by atomic mass is 127. The first-order valence-electron chi connectivity index (χ1n) is 5.89. The Morgan fingerprint density at radius 3 is 2.52 bits per heavy atom. The minimum absolute atomic E-state index is 0.00965. The van der Waals surface area contributed by atoms with Crippen molar-refractivity contribution in [1.29, 1.82) is 5.41 Å². The fourth-order valence-electron chi connectivity index (χ4n) is 1.45. The van der Waals surface area contributed by atoms with Gasteiger partial charge in [0.05, 0.1) is 12.2 Å². The molecule has 0 aromatic carbocycles. The third kappa shape index (κ3) is 4.46. The monoisotopic (exact) mass is 469 g/mol. The van der Waals surface area contributed by atoms with E-state index in [4.69, 9.17) is 5.41 Å². The molecule has 0 bridgehead atoms. The van der Waals surface area contributed by atoms with E-state index in [1.54, 1.807) is 0 Å². The molecular formula is C11H10F5IN3O2P. The number of pyridine rings is 1. The number of carbonyl (C=O) groups is 1. The van der Waals surface area contributed by atoms with E-state index in [2.05, 4.69) is 14.8 Å². The van der Waals surface area contributed by atoms with Gasteiger partial charge in [-0.1, -0.05) is 0 Å². The lowest BCUT2D eigenvalue weighted by Crippen LogP contribution is -2.34. The summed E-state index contributed by atoms with van der Waals surface area (Å²) in [6.45, 7) is 1.38. The summed E-state index contributed by atoms with van der Waals surface area (Å²) in [4.78, 5) is 15.0. The largest absolute Gasteiger partial charge is 0.461 e. The molecular weight excluding hydrogens is 459 g/mol. The van der Waals surface area contributed by atoms with Crippen LogP contribution < -0.4 is 5.09 Å². The van der Waals surface area contributed by atoms with Gasteiger partial charge in [-0.15, -0.1) is 0 Å². The third-order valence-electron chi connectivity index (χ3n) is 2.52. The quantitative estimate of drug-likeness (QED) is 0.217.